The second-order valence-electron chi connectivity index (χ2n) is 9.98. The van der Waals surface area contributed by atoms with Gasteiger partial charge in [0.25, 0.3) is 0 Å². The molecule has 0 aliphatic carbocycles. The summed E-state index contributed by atoms with van der Waals surface area (Å²) in [6.45, 7) is 6.86. The Labute approximate surface area is 210 Å². The van der Waals surface area contributed by atoms with E-state index in [1.807, 2.05) is 23.2 Å². The Balaban J connectivity index is 1.51. The van der Waals surface area contributed by atoms with Crippen LogP contribution in [-0.4, -0.2) is 70.7 Å². The van der Waals surface area contributed by atoms with E-state index < -0.39 is 11.6 Å². The molecule has 1 amide bonds. The number of rotatable bonds is 5. The molecule has 1 unspecified atom stereocenters. The summed E-state index contributed by atoms with van der Waals surface area (Å²) in [6.07, 6.45) is 3.48. The SMILES string of the molecule is COc1cc(C)c2[nH]ccc2c1CN1CCC2(C[C@H]1c1ccc(C(=O)O)cc1)CN(C(C)=O)CCO2. The highest BCUT2D eigenvalue weighted by molar-refractivity contribution is 5.88. The van der Waals surface area contributed by atoms with Crippen LogP contribution in [0.3, 0.4) is 0 Å². The molecule has 0 radical (unpaired) electrons. The van der Waals surface area contributed by atoms with Crippen molar-refractivity contribution in [3.63, 3.8) is 0 Å². The molecule has 2 aliphatic rings. The van der Waals surface area contributed by atoms with E-state index in [1.165, 1.54) is 0 Å². The van der Waals surface area contributed by atoms with Crippen LogP contribution in [0.15, 0.2) is 42.6 Å². The maximum atomic E-state index is 12.2. The number of carboxylic acid groups (broad SMARTS) is 1. The van der Waals surface area contributed by atoms with E-state index >= 15 is 0 Å². The lowest BCUT2D eigenvalue weighted by molar-refractivity contribution is -0.164. The summed E-state index contributed by atoms with van der Waals surface area (Å²) in [6, 6.07) is 11.3. The molecule has 2 saturated heterocycles. The number of aromatic amines is 1. The number of amides is 1. The van der Waals surface area contributed by atoms with Crippen molar-refractivity contribution >= 4 is 22.8 Å². The monoisotopic (exact) mass is 491 g/mol. The molecule has 3 heterocycles. The van der Waals surface area contributed by atoms with E-state index in [2.05, 4.69) is 28.9 Å². The Kier molecular flexibility index (Phi) is 6.49. The molecule has 1 spiro atoms. The fourth-order valence-corrected chi connectivity index (χ4v) is 5.82. The van der Waals surface area contributed by atoms with Crippen molar-refractivity contribution in [3.05, 3.63) is 64.8 Å². The van der Waals surface area contributed by atoms with Gasteiger partial charge in [-0.2, -0.15) is 0 Å². The number of aryl methyl sites for hydroxylation is 1. The number of H-pyrrole nitrogens is 1. The lowest BCUT2D eigenvalue weighted by Crippen LogP contribution is -2.58. The Hall–Kier alpha value is -3.36. The first-order chi connectivity index (χ1) is 17.3. The second kappa shape index (κ2) is 9.59. The normalized spacial score (nSPS) is 22.8. The van der Waals surface area contributed by atoms with Crippen LogP contribution in [0.2, 0.25) is 0 Å². The van der Waals surface area contributed by atoms with E-state index in [9.17, 15) is 14.7 Å². The predicted molar refractivity (Wildman–Crippen MR) is 136 cm³/mol. The fraction of sp³-hybridized carbons (Fsp3) is 0.429. The summed E-state index contributed by atoms with van der Waals surface area (Å²) in [5, 5.41) is 10.5. The predicted octanol–water partition coefficient (Wildman–Crippen LogP) is 4.14. The second-order valence-corrected chi connectivity index (χ2v) is 9.98. The van der Waals surface area contributed by atoms with Gasteiger partial charge in [-0.05, 0) is 55.2 Å². The van der Waals surface area contributed by atoms with Crippen LogP contribution in [0.25, 0.3) is 10.9 Å². The van der Waals surface area contributed by atoms with E-state index in [0.717, 1.165) is 46.3 Å². The van der Waals surface area contributed by atoms with Crippen LogP contribution in [0, 0.1) is 6.92 Å². The van der Waals surface area contributed by atoms with Crippen molar-refractivity contribution in [1.82, 2.24) is 14.8 Å². The number of carbonyl (C=O) groups excluding carboxylic acids is 1. The van der Waals surface area contributed by atoms with Crippen molar-refractivity contribution in [1.29, 1.82) is 0 Å². The molecule has 190 valence electrons. The molecular formula is C28H33N3O5. The number of fused-ring (bicyclic) bond motifs is 1. The minimum Gasteiger partial charge on any atom is -0.496 e. The smallest absolute Gasteiger partial charge is 0.335 e. The molecule has 8 heteroatoms. The van der Waals surface area contributed by atoms with Crippen molar-refractivity contribution < 1.29 is 24.2 Å². The van der Waals surface area contributed by atoms with Crippen LogP contribution in [-0.2, 0) is 16.1 Å². The lowest BCUT2D eigenvalue weighted by Gasteiger charge is -2.50. The molecule has 2 fully saturated rings. The van der Waals surface area contributed by atoms with E-state index in [1.54, 1.807) is 26.2 Å². The van der Waals surface area contributed by atoms with Crippen molar-refractivity contribution in [2.75, 3.05) is 33.4 Å². The molecule has 8 nitrogen and oxygen atoms in total. The maximum Gasteiger partial charge on any atom is 0.335 e. The number of likely N-dealkylation sites (tertiary alicyclic amines) is 1. The Bertz CT molecular complexity index is 1280. The van der Waals surface area contributed by atoms with Crippen LogP contribution in [0.5, 0.6) is 5.75 Å². The van der Waals surface area contributed by atoms with E-state index in [-0.39, 0.29) is 17.5 Å². The van der Waals surface area contributed by atoms with Gasteiger partial charge in [-0.15, -0.1) is 0 Å². The van der Waals surface area contributed by atoms with Gasteiger partial charge in [0.05, 0.1) is 24.9 Å². The minimum absolute atomic E-state index is 0.00601. The molecule has 0 saturated carbocycles. The van der Waals surface area contributed by atoms with Gasteiger partial charge >= 0.3 is 5.97 Å². The number of aromatic carboxylic acids is 1. The molecule has 2 atom stereocenters. The zero-order valence-electron chi connectivity index (χ0n) is 21.0. The third-order valence-corrected chi connectivity index (χ3v) is 7.79. The van der Waals surface area contributed by atoms with Gasteiger partial charge in [-0.3, -0.25) is 9.69 Å². The number of ether oxygens (including phenoxy) is 2. The van der Waals surface area contributed by atoms with Gasteiger partial charge in [0, 0.05) is 61.8 Å². The van der Waals surface area contributed by atoms with Crippen LogP contribution < -0.4 is 4.74 Å². The molecule has 2 aromatic carbocycles. The van der Waals surface area contributed by atoms with Crippen molar-refractivity contribution in [2.45, 2.75) is 44.9 Å². The van der Waals surface area contributed by atoms with Gasteiger partial charge in [-0.1, -0.05) is 12.1 Å². The quantitative estimate of drug-likeness (QED) is 0.557. The van der Waals surface area contributed by atoms with Crippen molar-refractivity contribution in [2.24, 2.45) is 0 Å². The highest BCUT2D eigenvalue weighted by Gasteiger charge is 2.45. The summed E-state index contributed by atoms with van der Waals surface area (Å²) in [7, 11) is 1.70. The lowest BCUT2D eigenvalue weighted by atomic mass is 9.81. The minimum atomic E-state index is -0.939. The average Bonchev–Trinajstić information content (AvgIpc) is 3.37. The maximum absolute atomic E-state index is 12.2. The topological polar surface area (TPSA) is 95.1 Å². The number of methoxy groups -OCH3 is 1. The number of carbonyl (C=O) groups is 2. The standard InChI is InChI=1S/C28H33N3O5/c1-18-14-25(35-3)23(22-8-10-29-26(18)22)16-30-11-9-28(17-31(19(2)32)12-13-36-28)15-24(30)20-4-6-21(7-5-20)27(33)34/h4-8,10,14,24,29H,9,11-13,15-17H2,1-3H3,(H,33,34)/t24-,28?/m0/s1. The molecule has 3 aromatic rings. The summed E-state index contributed by atoms with van der Waals surface area (Å²) in [5.74, 6) is -0.0104. The van der Waals surface area contributed by atoms with Crippen LogP contribution in [0.1, 0.15) is 52.9 Å². The highest BCUT2D eigenvalue weighted by Crippen LogP contribution is 2.43. The Morgan fingerprint density at radius 3 is 2.69 bits per heavy atom. The molecule has 1 aromatic heterocycles. The number of nitrogens with one attached hydrogen (secondary N) is 1. The zero-order chi connectivity index (χ0) is 25.4. The molecule has 36 heavy (non-hydrogen) atoms. The number of piperidine rings is 1. The van der Waals surface area contributed by atoms with Gasteiger partial charge in [0.15, 0.2) is 0 Å². The summed E-state index contributed by atoms with van der Waals surface area (Å²) >= 11 is 0. The number of morpholine rings is 1. The van der Waals surface area contributed by atoms with Gasteiger partial charge in [-0.25, -0.2) is 4.79 Å². The van der Waals surface area contributed by atoms with Crippen LogP contribution >= 0.6 is 0 Å². The number of nitrogens with zero attached hydrogens (tertiary/aromatic N) is 2. The Morgan fingerprint density at radius 1 is 1.22 bits per heavy atom. The van der Waals surface area contributed by atoms with Gasteiger partial charge in [0.1, 0.15) is 5.75 Å². The molecule has 2 N–H and O–H groups in total. The van der Waals surface area contributed by atoms with Gasteiger partial charge < -0.3 is 24.5 Å². The largest absolute Gasteiger partial charge is 0.496 e. The number of hydrogen-bond acceptors (Lipinski definition) is 5. The van der Waals surface area contributed by atoms with Gasteiger partial charge in [0.2, 0.25) is 5.91 Å². The number of carboxylic acids is 1. The molecule has 0 bridgehead atoms. The highest BCUT2D eigenvalue weighted by atomic mass is 16.5. The first kappa shape index (κ1) is 24.3. The summed E-state index contributed by atoms with van der Waals surface area (Å²) in [5.41, 5.74) is 4.25. The molecule has 2 aliphatic heterocycles. The summed E-state index contributed by atoms with van der Waals surface area (Å²) in [4.78, 5) is 31.3. The van der Waals surface area contributed by atoms with Crippen LogP contribution in [0.4, 0.5) is 0 Å². The third-order valence-electron chi connectivity index (χ3n) is 7.79. The van der Waals surface area contributed by atoms with Crippen molar-refractivity contribution in [3.8, 4) is 5.75 Å². The summed E-state index contributed by atoms with van der Waals surface area (Å²) < 4.78 is 12.2. The number of benzene rings is 2. The first-order valence-electron chi connectivity index (χ1n) is 12.4. The molecule has 5 rings (SSSR count). The zero-order valence-corrected chi connectivity index (χ0v) is 21.0. The third kappa shape index (κ3) is 4.47. The Morgan fingerprint density at radius 2 is 2.00 bits per heavy atom. The number of hydrogen-bond donors (Lipinski definition) is 2. The fourth-order valence-electron chi connectivity index (χ4n) is 5.82. The van der Waals surface area contributed by atoms with E-state index in [4.69, 9.17) is 9.47 Å². The first-order valence-corrected chi connectivity index (χ1v) is 12.4. The number of aromatic nitrogens is 1. The average molecular weight is 492 g/mol. The molecular weight excluding hydrogens is 458 g/mol. The van der Waals surface area contributed by atoms with E-state index in [0.29, 0.717) is 32.7 Å².